The predicted octanol–water partition coefficient (Wildman–Crippen LogP) is 2.10. The Balaban J connectivity index is 1.82. The molecule has 110 valence electrons. The summed E-state index contributed by atoms with van der Waals surface area (Å²) in [5.74, 6) is 0.539. The van der Waals surface area contributed by atoms with Crippen LogP contribution in [0, 0.1) is 13.8 Å². The lowest BCUT2D eigenvalue weighted by Gasteiger charge is -2.28. The van der Waals surface area contributed by atoms with Gasteiger partial charge in [-0.1, -0.05) is 18.9 Å². The van der Waals surface area contributed by atoms with E-state index in [4.69, 9.17) is 4.74 Å². The number of hydrogen-bond acceptors (Lipinski definition) is 3. The summed E-state index contributed by atoms with van der Waals surface area (Å²) in [5.41, 5.74) is 2.23. The van der Waals surface area contributed by atoms with Crippen LogP contribution >= 0.6 is 0 Å². The van der Waals surface area contributed by atoms with E-state index in [-0.39, 0.29) is 18.6 Å². The Labute approximate surface area is 120 Å². The summed E-state index contributed by atoms with van der Waals surface area (Å²) >= 11 is 0. The van der Waals surface area contributed by atoms with E-state index >= 15 is 0 Å². The lowest BCUT2D eigenvalue weighted by atomic mass is 9.92. The third-order valence-corrected chi connectivity index (χ3v) is 3.64. The smallest absolute Gasteiger partial charge is 0.258 e. The maximum Gasteiger partial charge on any atom is 0.258 e. The van der Waals surface area contributed by atoms with Crippen molar-refractivity contribution in [3.63, 3.8) is 0 Å². The zero-order chi connectivity index (χ0) is 14.5. The van der Waals surface area contributed by atoms with Crippen LogP contribution in [0.2, 0.25) is 0 Å². The first-order valence-electron chi connectivity index (χ1n) is 7.23. The highest BCUT2D eigenvalue weighted by molar-refractivity contribution is 5.77. The van der Waals surface area contributed by atoms with Crippen molar-refractivity contribution in [2.75, 3.05) is 6.61 Å². The van der Waals surface area contributed by atoms with E-state index in [1.807, 2.05) is 26.0 Å². The maximum absolute atomic E-state index is 11.9. The topological polar surface area (TPSA) is 58.6 Å². The molecule has 1 aliphatic carbocycles. The first kappa shape index (κ1) is 14.9. The van der Waals surface area contributed by atoms with Gasteiger partial charge in [-0.3, -0.25) is 4.79 Å². The second-order valence-corrected chi connectivity index (χ2v) is 5.64. The molecule has 1 amide bonds. The van der Waals surface area contributed by atoms with E-state index < -0.39 is 6.10 Å². The standard InChI is InChI=1S/C16H23NO3/c1-11-7-12(2)9-13(8-11)20-10-16(19)17-14-5-3-4-6-15(14)18/h7-9,14-15,18H,3-6,10H2,1-2H3,(H,17,19). The first-order chi connectivity index (χ1) is 9.54. The van der Waals surface area contributed by atoms with Gasteiger partial charge in [0.25, 0.3) is 5.91 Å². The number of benzene rings is 1. The molecular formula is C16H23NO3. The van der Waals surface area contributed by atoms with Crippen LogP contribution in [-0.4, -0.2) is 29.8 Å². The molecular weight excluding hydrogens is 254 g/mol. The molecule has 0 spiro atoms. The average molecular weight is 277 g/mol. The monoisotopic (exact) mass is 277 g/mol. The van der Waals surface area contributed by atoms with Crippen molar-refractivity contribution in [2.45, 2.75) is 51.7 Å². The number of hydrogen-bond donors (Lipinski definition) is 2. The second kappa shape index (κ2) is 6.75. The third-order valence-electron chi connectivity index (χ3n) is 3.64. The highest BCUT2D eigenvalue weighted by Gasteiger charge is 2.24. The molecule has 2 unspecified atom stereocenters. The Morgan fingerprint density at radius 3 is 2.55 bits per heavy atom. The molecule has 0 bridgehead atoms. The van der Waals surface area contributed by atoms with Crippen molar-refractivity contribution < 1.29 is 14.6 Å². The van der Waals surface area contributed by atoms with Crippen LogP contribution in [0.4, 0.5) is 0 Å². The summed E-state index contributed by atoms with van der Waals surface area (Å²) < 4.78 is 5.51. The lowest BCUT2D eigenvalue weighted by Crippen LogP contribution is -2.46. The van der Waals surface area contributed by atoms with Crippen molar-refractivity contribution in [1.29, 1.82) is 0 Å². The molecule has 2 rings (SSSR count). The quantitative estimate of drug-likeness (QED) is 0.886. The highest BCUT2D eigenvalue weighted by atomic mass is 16.5. The Kier molecular flexibility index (Phi) is 5.01. The molecule has 0 aliphatic heterocycles. The molecule has 0 radical (unpaired) electrons. The van der Waals surface area contributed by atoms with E-state index in [2.05, 4.69) is 11.4 Å². The molecule has 1 aromatic carbocycles. The van der Waals surface area contributed by atoms with Gasteiger partial charge in [0.05, 0.1) is 12.1 Å². The van der Waals surface area contributed by atoms with Gasteiger partial charge in [0, 0.05) is 0 Å². The summed E-state index contributed by atoms with van der Waals surface area (Å²) in [5, 5.41) is 12.7. The molecule has 1 fully saturated rings. The average Bonchev–Trinajstić information content (AvgIpc) is 2.38. The van der Waals surface area contributed by atoms with Gasteiger partial charge in [-0.05, 0) is 49.9 Å². The highest BCUT2D eigenvalue weighted by Crippen LogP contribution is 2.19. The number of aliphatic hydroxyl groups is 1. The van der Waals surface area contributed by atoms with Crippen LogP contribution in [0.25, 0.3) is 0 Å². The number of carbonyl (C=O) groups is 1. The van der Waals surface area contributed by atoms with Gasteiger partial charge in [0.2, 0.25) is 0 Å². The number of aryl methyl sites for hydroxylation is 2. The van der Waals surface area contributed by atoms with Crippen LogP contribution in [0.1, 0.15) is 36.8 Å². The Hall–Kier alpha value is -1.55. The summed E-state index contributed by atoms with van der Waals surface area (Å²) in [7, 11) is 0. The van der Waals surface area contributed by atoms with Gasteiger partial charge >= 0.3 is 0 Å². The number of amides is 1. The van der Waals surface area contributed by atoms with Crippen molar-refractivity contribution in [2.24, 2.45) is 0 Å². The zero-order valence-corrected chi connectivity index (χ0v) is 12.2. The van der Waals surface area contributed by atoms with Crippen molar-refractivity contribution in [3.05, 3.63) is 29.3 Å². The molecule has 2 N–H and O–H groups in total. The van der Waals surface area contributed by atoms with E-state index in [0.29, 0.717) is 5.75 Å². The fourth-order valence-corrected chi connectivity index (χ4v) is 2.69. The molecule has 4 heteroatoms. The van der Waals surface area contributed by atoms with E-state index in [1.54, 1.807) is 0 Å². The van der Waals surface area contributed by atoms with Crippen molar-refractivity contribution in [3.8, 4) is 5.75 Å². The first-order valence-corrected chi connectivity index (χ1v) is 7.23. The number of aliphatic hydroxyl groups excluding tert-OH is 1. The summed E-state index contributed by atoms with van der Waals surface area (Å²) in [6.07, 6.45) is 3.28. The normalized spacial score (nSPS) is 22.4. The number of ether oxygens (including phenoxy) is 1. The molecule has 1 aromatic rings. The summed E-state index contributed by atoms with van der Waals surface area (Å²) in [4.78, 5) is 11.9. The zero-order valence-electron chi connectivity index (χ0n) is 12.2. The van der Waals surface area contributed by atoms with E-state index in [0.717, 1.165) is 36.8 Å². The Morgan fingerprint density at radius 2 is 1.90 bits per heavy atom. The fourth-order valence-electron chi connectivity index (χ4n) is 2.69. The molecule has 0 heterocycles. The van der Waals surface area contributed by atoms with Gasteiger partial charge in [-0.25, -0.2) is 0 Å². The predicted molar refractivity (Wildman–Crippen MR) is 77.8 cm³/mol. The minimum atomic E-state index is -0.422. The SMILES string of the molecule is Cc1cc(C)cc(OCC(=O)NC2CCCCC2O)c1. The van der Waals surface area contributed by atoms with Crippen LogP contribution < -0.4 is 10.1 Å². The molecule has 2 atom stereocenters. The second-order valence-electron chi connectivity index (χ2n) is 5.64. The summed E-state index contributed by atoms with van der Waals surface area (Å²) in [6, 6.07) is 5.76. The number of rotatable bonds is 4. The van der Waals surface area contributed by atoms with Gasteiger partial charge in [-0.15, -0.1) is 0 Å². The Morgan fingerprint density at radius 1 is 1.25 bits per heavy atom. The van der Waals surface area contributed by atoms with E-state index in [9.17, 15) is 9.90 Å². The number of nitrogens with one attached hydrogen (secondary N) is 1. The molecule has 20 heavy (non-hydrogen) atoms. The molecule has 0 saturated heterocycles. The molecule has 4 nitrogen and oxygen atoms in total. The summed E-state index contributed by atoms with van der Waals surface area (Å²) in [6.45, 7) is 3.99. The van der Waals surface area contributed by atoms with Crippen molar-refractivity contribution >= 4 is 5.91 Å². The minimum Gasteiger partial charge on any atom is -0.484 e. The van der Waals surface area contributed by atoms with Crippen LogP contribution in [0.15, 0.2) is 18.2 Å². The molecule has 1 aliphatic rings. The Bertz CT molecular complexity index is 453. The number of carbonyl (C=O) groups excluding carboxylic acids is 1. The van der Waals surface area contributed by atoms with Crippen LogP contribution in [-0.2, 0) is 4.79 Å². The van der Waals surface area contributed by atoms with Gasteiger partial charge in [0.1, 0.15) is 5.75 Å². The largest absolute Gasteiger partial charge is 0.484 e. The van der Waals surface area contributed by atoms with Gasteiger partial charge in [-0.2, -0.15) is 0 Å². The van der Waals surface area contributed by atoms with E-state index in [1.165, 1.54) is 0 Å². The van der Waals surface area contributed by atoms with Gasteiger partial charge < -0.3 is 15.2 Å². The molecule has 0 aromatic heterocycles. The van der Waals surface area contributed by atoms with Crippen LogP contribution in [0.3, 0.4) is 0 Å². The van der Waals surface area contributed by atoms with Crippen LogP contribution in [0.5, 0.6) is 5.75 Å². The lowest BCUT2D eigenvalue weighted by molar-refractivity contribution is -0.125. The molecule has 1 saturated carbocycles. The minimum absolute atomic E-state index is 0.00782. The van der Waals surface area contributed by atoms with Gasteiger partial charge in [0.15, 0.2) is 6.61 Å². The maximum atomic E-state index is 11.9. The fraction of sp³-hybridized carbons (Fsp3) is 0.562. The third kappa shape index (κ3) is 4.23. The van der Waals surface area contributed by atoms with Crippen molar-refractivity contribution in [1.82, 2.24) is 5.32 Å².